The lowest BCUT2D eigenvalue weighted by molar-refractivity contribution is -0.258. The number of hydrogen-bond acceptors (Lipinski definition) is 6. The van der Waals surface area contributed by atoms with Crippen LogP contribution in [0.3, 0.4) is 0 Å². The Balaban J connectivity index is 2.76. The van der Waals surface area contributed by atoms with E-state index in [2.05, 4.69) is 5.32 Å². The topological polar surface area (TPSA) is 108 Å². The Labute approximate surface area is 93.0 Å². The van der Waals surface area contributed by atoms with E-state index in [4.69, 9.17) is 14.6 Å². The number of aliphatic hydroxyl groups is 3. The molecule has 0 aromatic heterocycles. The molecule has 2 unspecified atom stereocenters. The van der Waals surface area contributed by atoms with E-state index in [-0.39, 0.29) is 6.61 Å². The Hall–Kier alpha value is -0.730. The average Bonchev–Trinajstić information content (AvgIpc) is 2.23. The SMILES string of the molecule is CO[C@@H]1C(CO)O[C@@H](O)C(NC(C)=O)[C@H]1O. The molecule has 94 valence electrons. The summed E-state index contributed by atoms with van der Waals surface area (Å²) in [7, 11) is 1.35. The molecule has 0 aliphatic carbocycles. The minimum Gasteiger partial charge on any atom is -0.394 e. The van der Waals surface area contributed by atoms with Gasteiger partial charge in [0.1, 0.15) is 24.4 Å². The Bertz CT molecular complexity index is 248. The van der Waals surface area contributed by atoms with Gasteiger partial charge in [0, 0.05) is 14.0 Å². The molecule has 1 rings (SSSR count). The lowest BCUT2D eigenvalue weighted by Crippen LogP contribution is -2.64. The number of aliphatic hydroxyl groups excluding tert-OH is 3. The van der Waals surface area contributed by atoms with Gasteiger partial charge in [0.2, 0.25) is 5.91 Å². The van der Waals surface area contributed by atoms with Crippen LogP contribution >= 0.6 is 0 Å². The molecule has 7 nitrogen and oxygen atoms in total. The standard InChI is InChI=1S/C9H17NO6/c1-4(12)10-6-7(13)8(15-2)5(3-11)16-9(6)14/h5-9,11,13-14H,3H2,1-2H3,(H,10,12)/t5?,6?,7-,8-,9-/m1/s1. The Morgan fingerprint density at radius 2 is 2.12 bits per heavy atom. The maximum atomic E-state index is 10.9. The number of carbonyl (C=O) groups is 1. The maximum Gasteiger partial charge on any atom is 0.217 e. The van der Waals surface area contributed by atoms with Crippen LogP contribution in [-0.4, -0.2) is 65.6 Å². The summed E-state index contributed by atoms with van der Waals surface area (Å²) in [6.45, 7) is 0.874. The molecular formula is C9H17NO6. The fraction of sp³-hybridized carbons (Fsp3) is 0.889. The first-order chi connectivity index (χ1) is 7.51. The van der Waals surface area contributed by atoms with E-state index in [9.17, 15) is 15.0 Å². The van der Waals surface area contributed by atoms with Crippen molar-refractivity contribution in [3.05, 3.63) is 0 Å². The Kier molecular flexibility index (Phi) is 4.63. The van der Waals surface area contributed by atoms with E-state index in [0.717, 1.165) is 0 Å². The van der Waals surface area contributed by atoms with E-state index in [1.807, 2.05) is 0 Å². The van der Waals surface area contributed by atoms with E-state index < -0.39 is 36.6 Å². The third-order valence-corrected chi connectivity index (χ3v) is 2.51. The van der Waals surface area contributed by atoms with Gasteiger partial charge in [-0.3, -0.25) is 4.79 Å². The lowest BCUT2D eigenvalue weighted by atomic mass is 9.97. The van der Waals surface area contributed by atoms with Crippen molar-refractivity contribution in [2.24, 2.45) is 0 Å². The normalized spacial score (nSPS) is 39.4. The van der Waals surface area contributed by atoms with Gasteiger partial charge in [0.15, 0.2) is 6.29 Å². The molecule has 1 heterocycles. The van der Waals surface area contributed by atoms with Gasteiger partial charge in [-0.05, 0) is 0 Å². The molecule has 0 radical (unpaired) electrons. The van der Waals surface area contributed by atoms with Crippen molar-refractivity contribution >= 4 is 5.91 Å². The van der Waals surface area contributed by atoms with Crippen LogP contribution in [0.15, 0.2) is 0 Å². The molecule has 1 amide bonds. The molecule has 5 atom stereocenters. The van der Waals surface area contributed by atoms with Gasteiger partial charge >= 0.3 is 0 Å². The fourth-order valence-electron chi connectivity index (χ4n) is 1.76. The molecule has 16 heavy (non-hydrogen) atoms. The average molecular weight is 235 g/mol. The van der Waals surface area contributed by atoms with Crippen molar-refractivity contribution < 1.29 is 29.6 Å². The summed E-state index contributed by atoms with van der Waals surface area (Å²) in [5, 5.41) is 30.7. The molecule has 1 fully saturated rings. The smallest absolute Gasteiger partial charge is 0.217 e. The van der Waals surface area contributed by atoms with Crippen molar-refractivity contribution in [2.45, 2.75) is 37.6 Å². The molecule has 1 aliphatic rings. The molecular weight excluding hydrogens is 218 g/mol. The number of carbonyl (C=O) groups excluding carboxylic acids is 1. The van der Waals surface area contributed by atoms with Gasteiger partial charge in [-0.15, -0.1) is 0 Å². The maximum absolute atomic E-state index is 10.9. The van der Waals surface area contributed by atoms with Gasteiger partial charge in [-0.1, -0.05) is 0 Å². The summed E-state index contributed by atoms with van der Waals surface area (Å²) in [6.07, 6.45) is -4.14. The lowest BCUT2D eigenvalue weighted by Gasteiger charge is -2.41. The minimum atomic E-state index is -1.37. The predicted molar refractivity (Wildman–Crippen MR) is 52.4 cm³/mol. The number of amides is 1. The highest BCUT2D eigenvalue weighted by Gasteiger charge is 2.44. The predicted octanol–water partition coefficient (Wildman–Crippen LogP) is -2.42. The molecule has 0 aromatic carbocycles. The van der Waals surface area contributed by atoms with E-state index in [1.54, 1.807) is 0 Å². The van der Waals surface area contributed by atoms with Crippen LogP contribution in [0.4, 0.5) is 0 Å². The second-order valence-corrected chi connectivity index (χ2v) is 3.66. The van der Waals surface area contributed by atoms with Crippen molar-refractivity contribution in [1.29, 1.82) is 0 Å². The fourth-order valence-corrected chi connectivity index (χ4v) is 1.76. The highest BCUT2D eigenvalue weighted by atomic mass is 16.6. The summed E-state index contributed by atoms with van der Waals surface area (Å²) in [4.78, 5) is 10.9. The number of nitrogens with one attached hydrogen (secondary N) is 1. The van der Waals surface area contributed by atoms with Crippen molar-refractivity contribution in [3.63, 3.8) is 0 Å². The van der Waals surface area contributed by atoms with Crippen molar-refractivity contribution in [2.75, 3.05) is 13.7 Å². The summed E-state index contributed by atoms with van der Waals surface area (Å²) in [5.74, 6) is -0.399. The van der Waals surface area contributed by atoms with E-state index in [1.165, 1.54) is 14.0 Å². The van der Waals surface area contributed by atoms with Crippen LogP contribution in [0.1, 0.15) is 6.92 Å². The second kappa shape index (κ2) is 5.55. The highest BCUT2D eigenvalue weighted by molar-refractivity contribution is 5.73. The first-order valence-electron chi connectivity index (χ1n) is 4.93. The van der Waals surface area contributed by atoms with Crippen LogP contribution in [-0.2, 0) is 14.3 Å². The highest BCUT2D eigenvalue weighted by Crippen LogP contribution is 2.21. The molecule has 1 saturated heterocycles. The van der Waals surface area contributed by atoms with Gasteiger partial charge in [0.05, 0.1) is 6.61 Å². The molecule has 7 heteroatoms. The number of hydrogen-bond donors (Lipinski definition) is 4. The van der Waals surface area contributed by atoms with Crippen LogP contribution in [0, 0.1) is 0 Å². The summed E-state index contributed by atoms with van der Waals surface area (Å²) < 4.78 is 10.00. The van der Waals surface area contributed by atoms with Gasteiger partial charge in [0.25, 0.3) is 0 Å². The molecule has 0 aromatic rings. The van der Waals surface area contributed by atoms with Gasteiger partial charge in [-0.25, -0.2) is 0 Å². The van der Waals surface area contributed by atoms with E-state index >= 15 is 0 Å². The van der Waals surface area contributed by atoms with Crippen LogP contribution in [0.5, 0.6) is 0 Å². The second-order valence-electron chi connectivity index (χ2n) is 3.66. The minimum absolute atomic E-state index is 0.389. The van der Waals surface area contributed by atoms with E-state index in [0.29, 0.717) is 0 Å². The van der Waals surface area contributed by atoms with Crippen LogP contribution < -0.4 is 5.32 Å². The molecule has 0 saturated carbocycles. The number of rotatable bonds is 3. The zero-order chi connectivity index (χ0) is 12.3. The van der Waals surface area contributed by atoms with Gasteiger partial charge < -0.3 is 30.1 Å². The number of ether oxygens (including phenoxy) is 2. The quantitative estimate of drug-likeness (QED) is 0.433. The molecule has 4 N–H and O–H groups in total. The molecule has 0 spiro atoms. The third kappa shape index (κ3) is 2.69. The summed E-state index contributed by atoms with van der Waals surface area (Å²) >= 11 is 0. The first-order valence-corrected chi connectivity index (χ1v) is 4.93. The molecule has 1 aliphatic heterocycles. The van der Waals surface area contributed by atoms with Crippen LogP contribution in [0.2, 0.25) is 0 Å². The summed E-state index contributed by atoms with van der Waals surface area (Å²) in [5.41, 5.74) is 0. The summed E-state index contributed by atoms with van der Waals surface area (Å²) in [6, 6.07) is -0.967. The largest absolute Gasteiger partial charge is 0.394 e. The molecule has 0 bridgehead atoms. The van der Waals surface area contributed by atoms with Crippen molar-refractivity contribution in [3.8, 4) is 0 Å². The first kappa shape index (κ1) is 13.3. The third-order valence-electron chi connectivity index (χ3n) is 2.51. The Morgan fingerprint density at radius 1 is 1.50 bits per heavy atom. The van der Waals surface area contributed by atoms with Gasteiger partial charge in [-0.2, -0.15) is 0 Å². The Morgan fingerprint density at radius 3 is 2.56 bits per heavy atom. The zero-order valence-corrected chi connectivity index (χ0v) is 9.16. The monoisotopic (exact) mass is 235 g/mol. The zero-order valence-electron chi connectivity index (χ0n) is 9.16. The van der Waals surface area contributed by atoms with Crippen LogP contribution in [0.25, 0.3) is 0 Å². The van der Waals surface area contributed by atoms with Crippen molar-refractivity contribution in [1.82, 2.24) is 5.32 Å². The number of methoxy groups -OCH3 is 1.